The molecule has 0 fully saturated rings. The minimum absolute atomic E-state index is 0.295. The summed E-state index contributed by atoms with van der Waals surface area (Å²) < 4.78 is 27.5. The summed E-state index contributed by atoms with van der Waals surface area (Å²) in [4.78, 5) is 0. The fourth-order valence-corrected chi connectivity index (χ4v) is 2.30. The largest absolute Gasteiger partial charge is 0.313 e. The first-order valence-corrected chi connectivity index (χ1v) is 6.36. The van der Waals surface area contributed by atoms with Crippen molar-refractivity contribution in [2.45, 2.75) is 12.5 Å². The lowest BCUT2D eigenvalue weighted by molar-refractivity contribution is 0.520. The highest BCUT2D eigenvalue weighted by atomic mass is 35.5. The van der Waals surface area contributed by atoms with Gasteiger partial charge in [-0.1, -0.05) is 35.9 Å². The SMILES string of the molecule is CNC(Cc1c(F)cccc1Cl)c1ccccc1F. The van der Waals surface area contributed by atoms with Crippen LogP contribution < -0.4 is 5.32 Å². The molecule has 1 N–H and O–H groups in total. The summed E-state index contributed by atoms with van der Waals surface area (Å²) >= 11 is 6.00. The van der Waals surface area contributed by atoms with E-state index < -0.39 is 0 Å². The molecule has 0 aliphatic carbocycles. The van der Waals surface area contributed by atoms with Gasteiger partial charge in [0.15, 0.2) is 0 Å². The van der Waals surface area contributed by atoms with Crippen LogP contribution in [0.15, 0.2) is 42.5 Å². The van der Waals surface area contributed by atoms with Gasteiger partial charge in [-0.05, 0) is 31.7 Å². The molecule has 0 aliphatic heterocycles. The molecule has 100 valence electrons. The van der Waals surface area contributed by atoms with Crippen molar-refractivity contribution in [2.24, 2.45) is 0 Å². The molecule has 19 heavy (non-hydrogen) atoms. The summed E-state index contributed by atoms with van der Waals surface area (Å²) in [5.41, 5.74) is 0.899. The van der Waals surface area contributed by atoms with Crippen LogP contribution in [0.2, 0.25) is 5.02 Å². The van der Waals surface area contributed by atoms with Gasteiger partial charge in [0.05, 0.1) is 0 Å². The Kier molecular flexibility index (Phi) is 4.51. The zero-order chi connectivity index (χ0) is 13.8. The summed E-state index contributed by atoms with van der Waals surface area (Å²) in [6.45, 7) is 0. The number of benzene rings is 2. The lowest BCUT2D eigenvalue weighted by atomic mass is 9.98. The molecule has 4 heteroatoms. The minimum Gasteiger partial charge on any atom is -0.313 e. The third-order valence-electron chi connectivity index (χ3n) is 3.10. The minimum atomic E-state index is -0.371. The van der Waals surface area contributed by atoms with Gasteiger partial charge >= 0.3 is 0 Å². The van der Waals surface area contributed by atoms with E-state index in [4.69, 9.17) is 11.6 Å². The maximum atomic E-state index is 13.8. The van der Waals surface area contributed by atoms with Crippen molar-refractivity contribution < 1.29 is 8.78 Å². The van der Waals surface area contributed by atoms with Crippen molar-refractivity contribution in [1.29, 1.82) is 0 Å². The molecule has 0 heterocycles. The molecule has 0 radical (unpaired) electrons. The van der Waals surface area contributed by atoms with Gasteiger partial charge in [0.1, 0.15) is 11.6 Å². The highest BCUT2D eigenvalue weighted by Gasteiger charge is 2.17. The predicted molar refractivity (Wildman–Crippen MR) is 73.3 cm³/mol. The van der Waals surface area contributed by atoms with Gasteiger partial charge in [-0.25, -0.2) is 8.78 Å². The maximum Gasteiger partial charge on any atom is 0.127 e. The molecule has 0 amide bonds. The van der Waals surface area contributed by atoms with Gasteiger partial charge in [0, 0.05) is 22.2 Å². The Bertz CT molecular complexity index is 552. The topological polar surface area (TPSA) is 12.0 Å². The Morgan fingerprint density at radius 1 is 1.05 bits per heavy atom. The Balaban J connectivity index is 2.32. The average molecular weight is 282 g/mol. The molecule has 0 saturated heterocycles. The van der Waals surface area contributed by atoms with Crippen LogP contribution in [0.25, 0.3) is 0 Å². The van der Waals surface area contributed by atoms with Crippen LogP contribution in [0.5, 0.6) is 0 Å². The van der Waals surface area contributed by atoms with Crippen molar-refractivity contribution in [3.8, 4) is 0 Å². The van der Waals surface area contributed by atoms with Crippen LogP contribution in [0.3, 0.4) is 0 Å². The molecule has 0 saturated carbocycles. The summed E-state index contributed by atoms with van der Waals surface area (Å²) in [6, 6.07) is 10.7. The highest BCUT2D eigenvalue weighted by molar-refractivity contribution is 6.31. The van der Waals surface area contributed by atoms with Crippen LogP contribution >= 0.6 is 11.6 Å². The second-order valence-corrected chi connectivity index (χ2v) is 4.67. The second-order valence-electron chi connectivity index (χ2n) is 4.27. The number of halogens is 3. The quantitative estimate of drug-likeness (QED) is 0.889. The molecule has 2 aromatic rings. The summed E-state index contributed by atoms with van der Waals surface area (Å²) in [5, 5.41) is 3.35. The first-order valence-electron chi connectivity index (χ1n) is 5.98. The molecule has 2 aromatic carbocycles. The molecule has 1 unspecified atom stereocenters. The Morgan fingerprint density at radius 3 is 2.37 bits per heavy atom. The third kappa shape index (κ3) is 3.11. The van der Waals surface area contributed by atoms with E-state index in [1.165, 1.54) is 12.1 Å². The van der Waals surface area contributed by atoms with E-state index in [9.17, 15) is 8.78 Å². The van der Waals surface area contributed by atoms with Crippen molar-refractivity contribution in [1.82, 2.24) is 5.32 Å². The summed E-state index contributed by atoms with van der Waals surface area (Å²) in [6.07, 6.45) is 0.295. The summed E-state index contributed by atoms with van der Waals surface area (Å²) in [5.74, 6) is -0.682. The third-order valence-corrected chi connectivity index (χ3v) is 3.45. The van der Waals surface area contributed by atoms with Gasteiger partial charge in [-0.3, -0.25) is 0 Å². The van der Waals surface area contributed by atoms with E-state index in [0.29, 0.717) is 22.6 Å². The first kappa shape index (κ1) is 14.0. The van der Waals surface area contributed by atoms with E-state index in [0.717, 1.165) is 0 Å². The van der Waals surface area contributed by atoms with Gasteiger partial charge in [-0.2, -0.15) is 0 Å². The fourth-order valence-electron chi connectivity index (χ4n) is 2.06. The van der Waals surface area contributed by atoms with Gasteiger partial charge in [-0.15, -0.1) is 0 Å². The maximum absolute atomic E-state index is 13.8. The molecular formula is C15H14ClF2N. The number of hydrogen-bond donors (Lipinski definition) is 1. The highest BCUT2D eigenvalue weighted by Crippen LogP contribution is 2.26. The van der Waals surface area contributed by atoms with E-state index in [1.807, 2.05) is 0 Å². The molecule has 0 bridgehead atoms. The van der Waals surface area contributed by atoms with Crippen LogP contribution in [-0.4, -0.2) is 7.05 Å². The van der Waals surface area contributed by atoms with E-state index in [2.05, 4.69) is 5.32 Å². The fraction of sp³-hybridized carbons (Fsp3) is 0.200. The molecule has 1 atom stereocenters. The smallest absolute Gasteiger partial charge is 0.127 e. The lowest BCUT2D eigenvalue weighted by Gasteiger charge is -2.18. The Hall–Kier alpha value is -1.45. The first-order chi connectivity index (χ1) is 9.13. The standard InChI is InChI=1S/C15H14ClF2N/c1-19-15(10-5-2-3-7-13(10)17)9-11-12(16)6-4-8-14(11)18/h2-8,15,19H,9H2,1H3. The van der Waals surface area contributed by atoms with Crippen LogP contribution in [0.1, 0.15) is 17.2 Å². The number of rotatable bonds is 4. The van der Waals surface area contributed by atoms with Crippen LogP contribution in [0.4, 0.5) is 8.78 Å². The monoisotopic (exact) mass is 281 g/mol. The van der Waals surface area contributed by atoms with E-state index in [-0.39, 0.29) is 17.7 Å². The van der Waals surface area contributed by atoms with Crippen LogP contribution in [0, 0.1) is 11.6 Å². The van der Waals surface area contributed by atoms with Gasteiger partial charge in [0.2, 0.25) is 0 Å². The predicted octanol–water partition coefficient (Wildman–Crippen LogP) is 4.12. The van der Waals surface area contributed by atoms with Crippen LogP contribution in [-0.2, 0) is 6.42 Å². The number of hydrogen-bond acceptors (Lipinski definition) is 1. The molecule has 2 rings (SSSR count). The second kappa shape index (κ2) is 6.13. The lowest BCUT2D eigenvalue weighted by Crippen LogP contribution is -2.20. The molecule has 0 aliphatic rings. The van der Waals surface area contributed by atoms with E-state index >= 15 is 0 Å². The Morgan fingerprint density at radius 2 is 1.74 bits per heavy atom. The molecular weight excluding hydrogens is 268 g/mol. The Labute approximate surface area is 116 Å². The van der Waals surface area contributed by atoms with Crippen molar-refractivity contribution in [2.75, 3.05) is 7.05 Å². The number of likely N-dealkylation sites (N-methyl/N-ethyl adjacent to an activating group) is 1. The zero-order valence-electron chi connectivity index (χ0n) is 10.5. The zero-order valence-corrected chi connectivity index (χ0v) is 11.2. The van der Waals surface area contributed by atoms with Crippen molar-refractivity contribution >= 4 is 11.6 Å². The van der Waals surface area contributed by atoms with E-state index in [1.54, 1.807) is 37.4 Å². The normalized spacial score (nSPS) is 12.4. The average Bonchev–Trinajstić information content (AvgIpc) is 2.40. The summed E-state index contributed by atoms with van der Waals surface area (Å²) in [7, 11) is 1.71. The molecule has 1 nitrogen and oxygen atoms in total. The molecule has 0 aromatic heterocycles. The number of nitrogens with one attached hydrogen (secondary N) is 1. The van der Waals surface area contributed by atoms with Crippen molar-refractivity contribution in [3.63, 3.8) is 0 Å². The van der Waals surface area contributed by atoms with Crippen molar-refractivity contribution in [3.05, 3.63) is 70.2 Å². The van der Waals surface area contributed by atoms with Gasteiger partial charge in [0.25, 0.3) is 0 Å². The van der Waals surface area contributed by atoms with Gasteiger partial charge < -0.3 is 5.32 Å². The molecule has 0 spiro atoms.